The van der Waals surface area contributed by atoms with E-state index < -0.39 is 18.6 Å². The highest BCUT2D eigenvalue weighted by atomic mass is 19.4. The van der Waals surface area contributed by atoms with Gasteiger partial charge < -0.3 is 11.2 Å². The van der Waals surface area contributed by atoms with Gasteiger partial charge in [-0.25, -0.2) is 0 Å². The Bertz CT molecular complexity index is 331. The van der Waals surface area contributed by atoms with Gasteiger partial charge in [-0.05, 0) is 6.07 Å². The third kappa shape index (κ3) is 3.00. The summed E-state index contributed by atoms with van der Waals surface area (Å²) in [5, 5.41) is 1.72. The minimum absolute atomic E-state index is 0.0942. The maximum Gasteiger partial charge on any atom is 0.405 e. The Morgan fingerprint density at radius 1 is 1.57 bits per heavy atom. The summed E-state index contributed by atoms with van der Waals surface area (Å²) in [6.07, 6.45) is -1.81. The number of nitrogens with zero attached hydrogens (tertiary/aromatic N) is 1. The zero-order chi connectivity index (χ0) is 10.8. The van der Waals surface area contributed by atoms with Crippen LogP contribution in [0.25, 0.3) is 0 Å². The number of hydrogen-bond donors (Lipinski definition) is 2. The van der Waals surface area contributed by atoms with E-state index in [1.807, 2.05) is 0 Å². The lowest BCUT2D eigenvalue weighted by Gasteiger charge is -2.06. The number of hydrogen-bond acceptors (Lipinski definition) is 2. The molecule has 1 rings (SSSR count). The van der Waals surface area contributed by atoms with Crippen LogP contribution in [-0.2, 0) is 0 Å². The lowest BCUT2D eigenvalue weighted by atomic mass is 10.3. The first kappa shape index (κ1) is 10.4. The number of carbonyl (C=O) groups is 1. The number of halogens is 3. The van der Waals surface area contributed by atoms with Crippen LogP contribution in [0.15, 0.2) is 18.5 Å². The van der Waals surface area contributed by atoms with Crippen molar-refractivity contribution in [2.45, 2.75) is 6.18 Å². The van der Waals surface area contributed by atoms with Crippen LogP contribution >= 0.6 is 0 Å². The molecule has 0 radical (unpaired) electrons. The van der Waals surface area contributed by atoms with Crippen LogP contribution in [0.5, 0.6) is 0 Å². The lowest BCUT2D eigenvalue weighted by molar-refractivity contribution is -0.123. The van der Waals surface area contributed by atoms with Crippen molar-refractivity contribution in [1.82, 2.24) is 9.99 Å². The molecule has 0 spiro atoms. The monoisotopic (exact) mass is 207 g/mol. The van der Waals surface area contributed by atoms with Gasteiger partial charge in [0.25, 0.3) is 5.91 Å². The van der Waals surface area contributed by atoms with Crippen LogP contribution in [-0.4, -0.2) is 23.3 Å². The Morgan fingerprint density at radius 3 is 2.64 bits per heavy atom. The molecule has 7 heteroatoms. The fraction of sp³-hybridized carbons (Fsp3) is 0.286. The van der Waals surface area contributed by atoms with Crippen molar-refractivity contribution in [2.75, 3.05) is 12.4 Å². The number of nitrogens with two attached hydrogens (primary N) is 1. The molecule has 0 aliphatic carbocycles. The van der Waals surface area contributed by atoms with E-state index in [1.54, 1.807) is 5.32 Å². The van der Waals surface area contributed by atoms with Crippen LogP contribution in [0.4, 0.5) is 13.2 Å². The average molecular weight is 207 g/mol. The lowest BCUT2D eigenvalue weighted by Crippen LogP contribution is -2.33. The molecule has 0 aliphatic heterocycles. The van der Waals surface area contributed by atoms with E-state index in [4.69, 9.17) is 5.84 Å². The molecule has 0 atom stereocenters. The SMILES string of the molecule is Nn1ccc(C(=O)NCC(F)(F)F)c1. The van der Waals surface area contributed by atoms with Gasteiger partial charge in [-0.2, -0.15) is 13.2 Å². The summed E-state index contributed by atoms with van der Waals surface area (Å²) < 4.78 is 36.2. The van der Waals surface area contributed by atoms with Gasteiger partial charge in [0.2, 0.25) is 0 Å². The molecule has 1 amide bonds. The minimum Gasteiger partial charge on any atom is -0.343 e. The first-order valence-electron chi connectivity index (χ1n) is 3.66. The molecular weight excluding hydrogens is 199 g/mol. The topological polar surface area (TPSA) is 60.0 Å². The standard InChI is InChI=1S/C7H8F3N3O/c8-7(9,10)4-12-6(14)5-1-2-13(11)3-5/h1-3H,4,11H2,(H,12,14). The van der Waals surface area contributed by atoms with Crippen molar-refractivity contribution >= 4 is 5.91 Å². The van der Waals surface area contributed by atoms with Crippen LogP contribution in [0.3, 0.4) is 0 Å². The zero-order valence-corrected chi connectivity index (χ0v) is 7.01. The van der Waals surface area contributed by atoms with Crippen molar-refractivity contribution in [3.63, 3.8) is 0 Å². The Kier molecular flexibility index (Phi) is 2.68. The first-order valence-corrected chi connectivity index (χ1v) is 3.66. The smallest absolute Gasteiger partial charge is 0.343 e. The van der Waals surface area contributed by atoms with Crippen LogP contribution < -0.4 is 11.2 Å². The predicted molar refractivity (Wildman–Crippen MR) is 43.0 cm³/mol. The van der Waals surface area contributed by atoms with Crippen molar-refractivity contribution in [1.29, 1.82) is 0 Å². The summed E-state index contributed by atoms with van der Waals surface area (Å²) in [4.78, 5) is 11.0. The largest absolute Gasteiger partial charge is 0.405 e. The zero-order valence-electron chi connectivity index (χ0n) is 7.01. The molecule has 1 heterocycles. The van der Waals surface area contributed by atoms with E-state index >= 15 is 0 Å². The summed E-state index contributed by atoms with van der Waals surface area (Å²) in [6.45, 7) is -1.35. The van der Waals surface area contributed by atoms with Crippen molar-refractivity contribution in [3.8, 4) is 0 Å². The fourth-order valence-corrected chi connectivity index (χ4v) is 0.830. The highest BCUT2D eigenvalue weighted by Crippen LogP contribution is 2.12. The molecule has 0 saturated heterocycles. The predicted octanol–water partition coefficient (Wildman–Crippen LogP) is 0.494. The van der Waals surface area contributed by atoms with E-state index in [0.29, 0.717) is 0 Å². The summed E-state index contributed by atoms with van der Waals surface area (Å²) in [5.41, 5.74) is 0.0942. The molecule has 0 saturated carbocycles. The third-order valence-electron chi connectivity index (χ3n) is 1.43. The molecule has 0 unspecified atom stereocenters. The van der Waals surface area contributed by atoms with Gasteiger partial charge in [-0.1, -0.05) is 0 Å². The highest BCUT2D eigenvalue weighted by molar-refractivity contribution is 5.94. The molecule has 3 N–H and O–H groups in total. The van der Waals surface area contributed by atoms with Crippen molar-refractivity contribution < 1.29 is 18.0 Å². The first-order chi connectivity index (χ1) is 6.38. The maximum absolute atomic E-state index is 11.7. The molecule has 0 aromatic carbocycles. The van der Waals surface area contributed by atoms with Gasteiger partial charge in [0.15, 0.2) is 0 Å². The average Bonchev–Trinajstić information content (AvgIpc) is 2.46. The van der Waals surface area contributed by atoms with Gasteiger partial charge in [0.1, 0.15) is 6.54 Å². The summed E-state index contributed by atoms with van der Waals surface area (Å²) in [5.74, 6) is 4.41. The number of carbonyl (C=O) groups excluding carboxylic acids is 1. The van der Waals surface area contributed by atoms with Crippen LogP contribution in [0, 0.1) is 0 Å². The molecule has 0 bridgehead atoms. The van der Waals surface area contributed by atoms with Crippen molar-refractivity contribution in [2.24, 2.45) is 0 Å². The van der Waals surface area contributed by atoms with Crippen LogP contribution in [0.1, 0.15) is 10.4 Å². The third-order valence-corrected chi connectivity index (χ3v) is 1.43. The molecule has 4 nitrogen and oxygen atoms in total. The number of nitrogens with one attached hydrogen (secondary N) is 1. The molecule has 78 valence electrons. The molecular formula is C7H8F3N3O. The van der Waals surface area contributed by atoms with E-state index in [9.17, 15) is 18.0 Å². The molecule has 0 aliphatic rings. The second-order valence-corrected chi connectivity index (χ2v) is 2.65. The second kappa shape index (κ2) is 3.60. The van der Waals surface area contributed by atoms with Crippen LogP contribution in [0.2, 0.25) is 0 Å². The van der Waals surface area contributed by atoms with E-state index in [2.05, 4.69) is 0 Å². The summed E-state index contributed by atoms with van der Waals surface area (Å²) >= 11 is 0. The minimum atomic E-state index is -4.40. The van der Waals surface area contributed by atoms with Crippen molar-refractivity contribution in [3.05, 3.63) is 24.0 Å². The van der Waals surface area contributed by atoms with Gasteiger partial charge in [0.05, 0.1) is 5.56 Å². The second-order valence-electron chi connectivity index (χ2n) is 2.65. The molecule has 1 aromatic heterocycles. The van der Waals surface area contributed by atoms with Gasteiger partial charge in [-0.15, -0.1) is 0 Å². The Labute approximate surface area is 77.5 Å². The fourth-order valence-electron chi connectivity index (χ4n) is 0.830. The number of nitrogen functional groups attached to an aromatic ring is 1. The quantitative estimate of drug-likeness (QED) is 0.693. The summed E-state index contributed by atoms with van der Waals surface area (Å²) in [7, 11) is 0. The number of amides is 1. The number of alkyl halides is 3. The highest BCUT2D eigenvalue weighted by Gasteiger charge is 2.27. The molecule has 1 aromatic rings. The number of aromatic nitrogens is 1. The van der Waals surface area contributed by atoms with E-state index in [0.717, 1.165) is 4.68 Å². The molecule has 0 fully saturated rings. The van der Waals surface area contributed by atoms with E-state index in [-0.39, 0.29) is 5.56 Å². The van der Waals surface area contributed by atoms with E-state index in [1.165, 1.54) is 18.5 Å². The molecule has 14 heavy (non-hydrogen) atoms. The Hall–Kier alpha value is -1.66. The van der Waals surface area contributed by atoms with Gasteiger partial charge in [0, 0.05) is 12.4 Å². The Balaban J connectivity index is 2.52. The normalized spacial score (nSPS) is 11.4. The maximum atomic E-state index is 11.7. The Morgan fingerprint density at radius 2 is 2.21 bits per heavy atom. The van der Waals surface area contributed by atoms with Gasteiger partial charge in [-0.3, -0.25) is 9.47 Å². The van der Waals surface area contributed by atoms with Gasteiger partial charge >= 0.3 is 6.18 Å². The number of rotatable bonds is 2. The summed E-state index contributed by atoms with van der Waals surface area (Å²) in [6, 6.07) is 1.33.